The number of ether oxygens (including phenoxy) is 2. The lowest BCUT2D eigenvalue weighted by atomic mass is 9.59. The maximum absolute atomic E-state index is 13.9. The van der Waals surface area contributed by atoms with Crippen LogP contribution in [0.4, 0.5) is 5.13 Å². The first kappa shape index (κ1) is 25.6. The molecule has 4 heterocycles. The molecule has 3 atom stereocenters. The van der Waals surface area contributed by atoms with Gasteiger partial charge < -0.3 is 24.0 Å². The number of aromatic nitrogens is 2. The van der Waals surface area contributed by atoms with Crippen molar-refractivity contribution in [1.82, 2.24) is 10.1 Å². The summed E-state index contributed by atoms with van der Waals surface area (Å²) in [5, 5.41) is 15.0. The zero-order valence-electron chi connectivity index (χ0n) is 23.3. The Hall–Kier alpha value is -3.14. The van der Waals surface area contributed by atoms with Gasteiger partial charge in [0.1, 0.15) is 28.6 Å². The molecule has 41 heavy (non-hydrogen) atoms. The first-order valence-electron chi connectivity index (χ1n) is 15.1. The zero-order valence-corrected chi connectivity index (χ0v) is 24.1. The van der Waals surface area contributed by atoms with Gasteiger partial charge in [0.2, 0.25) is 0 Å². The van der Waals surface area contributed by atoms with Crippen molar-refractivity contribution in [1.29, 1.82) is 0 Å². The van der Waals surface area contributed by atoms with Gasteiger partial charge in [0.05, 0.1) is 17.4 Å². The Balaban J connectivity index is 1.04. The molecular formula is C31H35N3O6S. The highest BCUT2D eigenvalue weighted by Crippen LogP contribution is 2.54. The summed E-state index contributed by atoms with van der Waals surface area (Å²) in [5.74, 6) is 1.13. The minimum Gasteiger partial charge on any atom is -0.494 e. The quantitative estimate of drug-likeness (QED) is 0.316. The Morgan fingerprint density at radius 3 is 2.39 bits per heavy atom. The van der Waals surface area contributed by atoms with Crippen molar-refractivity contribution >= 4 is 38.6 Å². The first-order chi connectivity index (χ1) is 19.9. The average molecular weight is 578 g/mol. The second kappa shape index (κ2) is 9.44. The fourth-order valence-corrected chi connectivity index (χ4v) is 9.38. The van der Waals surface area contributed by atoms with Crippen LogP contribution in [0.25, 0.3) is 10.2 Å². The molecule has 2 aromatic heterocycles. The molecular weight excluding hydrogens is 542 g/mol. The second-order valence-electron chi connectivity index (χ2n) is 12.9. The number of nitrogens with zero attached hydrogens (tertiary/aromatic N) is 3. The van der Waals surface area contributed by atoms with E-state index in [9.17, 15) is 14.7 Å². The van der Waals surface area contributed by atoms with Crippen molar-refractivity contribution in [3.05, 3.63) is 34.7 Å². The van der Waals surface area contributed by atoms with E-state index < -0.39 is 5.97 Å². The standard InChI is InChI=1S/C31H35N3O6S/c1-38-22-12-18(28(35)36)13-23-25(22)32-30(41-23)34-19-4-5-20(34)15-21(14-19)39-29(37)24-26(17-2-3-17)40-33-27(24)31-9-6-16(7-10-31)8-11-31/h12-13,16-17,19-21H,2-11,14-15H2,1H3,(H,35,36)/t16?,19-,20+,21-,31?. The molecule has 1 aromatic carbocycles. The van der Waals surface area contributed by atoms with E-state index in [0.29, 0.717) is 22.7 Å². The van der Waals surface area contributed by atoms with Gasteiger partial charge in [0.15, 0.2) is 10.9 Å². The molecule has 2 aliphatic heterocycles. The van der Waals surface area contributed by atoms with E-state index >= 15 is 0 Å². The number of benzene rings is 1. The molecule has 9 rings (SSSR count). The number of hydrogen-bond acceptors (Lipinski definition) is 9. The lowest BCUT2D eigenvalue weighted by Crippen LogP contribution is -2.46. The molecule has 2 saturated heterocycles. The van der Waals surface area contributed by atoms with Gasteiger partial charge in [-0.15, -0.1) is 0 Å². The lowest BCUT2D eigenvalue weighted by Gasteiger charge is -2.45. The Kier molecular flexibility index (Phi) is 5.89. The molecule has 0 amide bonds. The van der Waals surface area contributed by atoms with E-state index in [1.165, 1.54) is 43.8 Å². The summed E-state index contributed by atoms with van der Waals surface area (Å²) in [7, 11) is 1.54. The number of hydrogen-bond donors (Lipinski definition) is 1. The largest absolute Gasteiger partial charge is 0.494 e. The third-order valence-corrected chi connectivity index (χ3v) is 11.6. The number of anilines is 1. The van der Waals surface area contributed by atoms with Gasteiger partial charge >= 0.3 is 11.9 Å². The number of piperidine rings is 1. The second-order valence-corrected chi connectivity index (χ2v) is 13.9. The molecule has 216 valence electrons. The highest BCUT2D eigenvalue weighted by atomic mass is 32.1. The third kappa shape index (κ3) is 4.15. The predicted octanol–water partition coefficient (Wildman–Crippen LogP) is 6.45. The van der Waals surface area contributed by atoms with Crippen LogP contribution in [0, 0.1) is 5.92 Å². The van der Waals surface area contributed by atoms with E-state index in [0.717, 1.165) is 85.0 Å². The van der Waals surface area contributed by atoms with Crippen molar-refractivity contribution in [3.8, 4) is 5.75 Å². The molecule has 4 saturated carbocycles. The zero-order chi connectivity index (χ0) is 27.9. The molecule has 0 unspecified atom stereocenters. The van der Waals surface area contributed by atoms with E-state index in [4.69, 9.17) is 19.0 Å². The number of aromatic carboxylic acids is 1. The summed E-state index contributed by atoms with van der Waals surface area (Å²) in [6, 6.07) is 3.63. The molecule has 6 fully saturated rings. The number of carboxylic acids is 1. The van der Waals surface area contributed by atoms with E-state index in [-0.39, 0.29) is 35.1 Å². The van der Waals surface area contributed by atoms with Crippen LogP contribution in [0.1, 0.15) is 115 Å². The summed E-state index contributed by atoms with van der Waals surface area (Å²) in [6.45, 7) is 0. The monoisotopic (exact) mass is 577 g/mol. The topological polar surface area (TPSA) is 115 Å². The number of methoxy groups -OCH3 is 1. The minimum absolute atomic E-state index is 0.0312. The predicted molar refractivity (Wildman–Crippen MR) is 152 cm³/mol. The normalized spacial score (nSPS) is 30.6. The summed E-state index contributed by atoms with van der Waals surface area (Å²) < 4.78 is 18.5. The smallest absolute Gasteiger partial charge is 0.344 e. The molecule has 4 bridgehead atoms. The van der Waals surface area contributed by atoms with Crippen LogP contribution in [-0.2, 0) is 10.2 Å². The minimum atomic E-state index is -0.987. The van der Waals surface area contributed by atoms with E-state index in [1.807, 2.05) is 0 Å². The number of fused-ring (bicyclic) bond motifs is 6. The number of thiazole rings is 1. The van der Waals surface area contributed by atoms with Crippen LogP contribution in [0.15, 0.2) is 16.7 Å². The van der Waals surface area contributed by atoms with E-state index in [2.05, 4.69) is 10.1 Å². The van der Waals surface area contributed by atoms with Gasteiger partial charge in [0.25, 0.3) is 0 Å². The lowest BCUT2D eigenvalue weighted by molar-refractivity contribution is 0.0195. The van der Waals surface area contributed by atoms with Gasteiger partial charge in [-0.1, -0.05) is 16.5 Å². The van der Waals surface area contributed by atoms with Crippen molar-refractivity contribution in [3.63, 3.8) is 0 Å². The fraction of sp³-hybridized carbons (Fsp3) is 0.613. The maximum Gasteiger partial charge on any atom is 0.344 e. The third-order valence-electron chi connectivity index (χ3n) is 10.6. The highest BCUT2D eigenvalue weighted by Gasteiger charge is 2.49. The van der Waals surface area contributed by atoms with Crippen LogP contribution in [0.5, 0.6) is 5.75 Å². The molecule has 0 spiro atoms. The Bertz CT molecular complexity index is 1510. The summed E-state index contributed by atoms with van der Waals surface area (Å²) in [5.41, 5.74) is 2.38. The summed E-state index contributed by atoms with van der Waals surface area (Å²) in [4.78, 5) is 32.8. The Morgan fingerprint density at radius 2 is 1.76 bits per heavy atom. The van der Waals surface area contributed by atoms with Crippen molar-refractivity contribution < 1.29 is 28.7 Å². The van der Waals surface area contributed by atoms with Gasteiger partial charge in [-0.2, -0.15) is 0 Å². The number of carbonyl (C=O) groups is 2. The van der Waals surface area contributed by atoms with E-state index in [1.54, 1.807) is 6.07 Å². The Morgan fingerprint density at radius 1 is 1.05 bits per heavy atom. The fourth-order valence-electron chi connectivity index (χ4n) is 8.21. The van der Waals surface area contributed by atoms with Gasteiger partial charge in [-0.3, -0.25) is 0 Å². The number of esters is 1. The molecule has 0 radical (unpaired) electrons. The van der Waals surface area contributed by atoms with Gasteiger partial charge in [-0.05, 0) is 82.3 Å². The summed E-state index contributed by atoms with van der Waals surface area (Å²) >= 11 is 1.50. The number of carboxylic acid groups (broad SMARTS) is 1. The number of carbonyl (C=O) groups excluding carboxylic acids is 1. The summed E-state index contributed by atoms with van der Waals surface area (Å²) in [6.07, 6.45) is 12.4. The molecule has 10 heteroatoms. The van der Waals surface area contributed by atoms with Gasteiger partial charge in [0, 0.05) is 36.3 Å². The Labute approximate surface area is 242 Å². The molecule has 3 aromatic rings. The first-order valence-corrected chi connectivity index (χ1v) is 16.0. The van der Waals surface area contributed by atoms with Crippen LogP contribution in [0.3, 0.4) is 0 Å². The van der Waals surface area contributed by atoms with Crippen molar-refractivity contribution in [2.24, 2.45) is 5.92 Å². The highest BCUT2D eigenvalue weighted by molar-refractivity contribution is 7.22. The van der Waals surface area contributed by atoms with Crippen molar-refractivity contribution in [2.75, 3.05) is 12.0 Å². The SMILES string of the molecule is COc1cc(C(=O)O)cc2sc(N3[C@@H]4CC[C@H]3C[C@H](OC(=O)c3c(C56CCC(CC5)CC6)noc3C3CC3)C4)nc12. The molecule has 1 N–H and O–H groups in total. The number of rotatable bonds is 7. The van der Waals surface area contributed by atoms with Crippen LogP contribution >= 0.6 is 11.3 Å². The van der Waals surface area contributed by atoms with Crippen LogP contribution < -0.4 is 9.64 Å². The molecule has 4 aliphatic carbocycles. The molecule has 6 aliphatic rings. The van der Waals surface area contributed by atoms with Crippen LogP contribution in [-0.4, -0.2) is 52.5 Å². The molecule has 9 nitrogen and oxygen atoms in total. The average Bonchev–Trinajstić information content (AvgIpc) is 3.47. The van der Waals surface area contributed by atoms with Crippen LogP contribution in [0.2, 0.25) is 0 Å². The van der Waals surface area contributed by atoms with Gasteiger partial charge in [-0.25, -0.2) is 14.6 Å². The maximum atomic E-state index is 13.9. The van der Waals surface area contributed by atoms with Crippen molar-refractivity contribution in [2.45, 2.75) is 107 Å².